The molecule has 2 aromatic rings. The highest BCUT2D eigenvalue weighted by Crippen LogP contribution is 2.24. The van der Waals surface area contributed by atoms with E-state index in [0.29, 0.717) is 13.0 Å². The van der Waals surface area contributed by atoms with Crippen LogP contribution in [0.25, 0.3) is 0 Å². The molecule has 0 unspecified atom stereocenters. The van der Waals surface area contributed by atoms with Crippen molar-refractivity contribution in [2.24, 2.45) is 0 Å². The van der Waals surface area contributed by atoms with Crippen molar-refractivity contribution in [3.05, 3.63) is 70.8 Å². The van der Waals surface area contributed by atoms with Gasteiger partial charge in [0.25, 0.3) is 17.7 Å². The Hall–Kier alpha value is -3.48. The van der Waals surface area contributed by atoms with Crippen molar-refractivity contribution in [1.82, 2.24) is 10.2 Å². The maximum Gasteiger partial charge on any atom is 0.329 e. The lowest BCUT2D eigenvalue weighted by Gasteiger charge is -2.20. The van der Waals surface area contributed by atoms with Crippen LogP contribution in [0, 0.1) is 6.92 Å². The minimum Gasteiger partial charge on any atom is -0.454 e. The molecule has 1 N–H and O–H groups in total. The summed E-state index contributed by atoms with van der Waals surface area (Å²) in [5, 5.41) is 2.69. The van der Waals surface area contributed by atoms with E-state index in [9.17, 15) is 19.2 Å². The lowest BCUT2D eigenvalue weighted by molar-refractivity contribution is -0.151. The summed E-state index contributed by atoms with van der Waals surface area (Å²) in [6.07, 6.45) is 0.664. The summed E-state index contributed by atoms with van der Waals surface area (Å²) in [6.45, 7) is 3.34. The molecule has 150 valence electrons. The first kappa shape index (κ1) is 20.3. The zero-order valence-corrected chi connectivity index (χ0v) is 16.3. The molecule has 0 aliphatic carbocycles. The Morgan fingerprint density at radius 1 is 1.00 bits per heavy atom. The number of esters is 1. The fourth-order valence-corrected chi connectivity index (χ4v) is 3.20. The predicted molar refractivity (Wildman–Crippen MR) is 105 cm³/mol. The van der Waals surface area contributed by atoms with Crippen molar-refractivity contribution in [3.63, 3.8) is 0 Å². The summed E-state index contributed by atoms with van der Waals surface area (Å²) in [6, 6.07) is 13.1. The number of fused-ring (bicyclic) bond motifs is 1. The number of rotatable bonds is 7. The molecule has 0 fully saturated rings. The number of aryl methyl sites for hydroxylation is 1. The van der Waals surface area contributed by atoms with Crippen molar-refractivity contribution in [2.45, 2.75) is 26.3 Å². The maximum atomic E-state index is 12.4. The third-order valence-electron chi connectivity index (χ3n) is 4.88. The average molecular weight is 394 g/mol. The molecule has 0 bridgehead atoms. The number of hydrogen-bond acceptors (Lipinski definition) is 5. The summed E-state index contributed by atoms with van der Waals surface area (Å²) < 4.78 is 5.00. The van der Waals surface area contributed by atoms with Gasteiger partial charge in [-0.05, 0) is 43.5 Å². The summed E-state index contributed by atoms with van der Waals surface area (Å²) in [7, 11) is 0. The summed E-state index contributed by atoms with van der Waals surface area (Å²) in [5.74, 6) is -2.34. The first-order valence-electron chi connectivity index (χ1n) is 9.35. The minimum atomic E-state index is -1.12. The summed E-state index contributed by atoms with van der Waals surface area (Å²) in [5.41, 5.74) is 2.78. The van der Waals surface area contributed by atoms with E-state index in [-0.39, 0.29) is 11.1 Å². The second kappa shape index (κ2) is 8.68. The van der Waals surface area contributed by atoms with Crippen LogP contribution in [-0.4, -0.2) is 47.8 Å². The largest absolute Gasteiger partial charge is 0.454 e. The van der Waals surface area contributed by atoms with E-state index in [2.05, 4.69) is 5.32 Å². The standard InChI is InChI=1S/C22H22N2O5/c1-14-7-3-4-8-16(14)11-12-23-19(25)13-29-22(28)15(2)24-20(26)17-9-5-6-10-18(17)21(24)27/h3-10,15H,11-13H2,1-2H3,(H,23,25)/t15-/m1/s1. The Morgan fingerprint density at radius 2 is 1.59 bits per heavy atom. The lowest BCUT2D eigenvalue weighted by atomic mass is 10.1. The quantitative estimate of drug-likeness (QED) is 0.572. The van der Waals surface area contributed by atoms with E-state index in [1.165, 1.54) is 19.1 Å². The number of nitrogens with zero attached hydrogens (tertiary/aromatic N) is 1. The molecular weight excluding hydrogens is 372 g/mol. The molecule has 1 aliphatic heterocycles. The molecule has 1 atom stereocenters. The van der Waals surface area contributed by atoms with E-state index in [0.717, 1.165) is 16.0 Å². The van der Waals surface area contributed by atoms with Gasteiger partial charge in [0.05, 0.1) is 11.1 Å². The summed E-state index contributed by atoms with van der Waals surface area (Å²) in [4.78, 5) is 49.9. The fraction of sp³-hybridized carbons (Fsp3) is 0.273. The molecule has 7 nitrogen and oxygen atoms in total. The SMILES string of the molecule is Cc1ccccc1CCNC(=O)COC(=O)[C@@H](C)N1C(=O)c2ccccc2C1=O. The molecule has 2 aromatic carbocycles. The minimum absolute atomic E-state index is 0.256. The number of ether oxygens (including phenoxy) is 1. The molecule has 0 radical (unpaired) electrons. The number of carbonyl (C=O) groups excluding carboxylic acids is 4. The number of benzene rings is 2. The molecule has 1 heterocycles. The first-order valence-corrected chi connectivity index (χ1v) is 9.35. The molecule has 0 saturated heterocycles. The van der Waals surface area contributed by atoms with E-state index in [1.807, 2.05) is 31.2 Å². The van der Waals surface area contributed by atoms with Crippen LogP contribution >= 0.6 is 0 Å². The Labute approximate surface area is 168 Å². The molecule has 0 saturated carbocycles. The van der Waals surface area contributed by atoms with Gasteiger partial charge in [-0.25, -0.2) is 4.79 Å². The van der Waals surface area contributed by atoms with E-state index < -0.39 is 36.3 Å². The second-order valence-corrected chi connectivity index (χ2v) is 6.84. The lowest BCUT2D eigenvalue weighted by Crippen LogP contribution is -2.44. The molecule has 0 aromatic heterocycles. The van der Waals surface area contributed by atoms with Crippen LogP contribution in [0.5, 0.6) is 0 Å². The van der Waals surface area contributed by atoms with Gasteiger partial charge in [0.1, 0.15) is 6.04 Å². The van der Waals surface area contributed by atoms with Gasteiger partial charge in [-0.3, -0.25) is 19.3 Å². The smallest absolute Gasteiger partial charge is 0.329 e. The zero-order valence-electron chi connectivity index (χ0n) is 16.3. The Bertz CT molecular complexity index is 934. The van der Waals surface area contributed by atoms with Crippen LogP contribution < -0.4 is 5.32 Å². The van der Waals surface area contributed by atoms with Crippen molar-refractivity contribution < 1.29 is 23.9 Å². The topological polar surface area (TPSA) is 92.8 Å². The van der Waals surface area contributed by atoms with Crippen molar-refractivity contribution in [1.29, 1.82) is 0 Å². The Balaban J connectivity index is 1.48. The van der Waals surface area contributed by atoms with E-state index in [4.69, 9.17) is 4.74 Å². The van der Waals surface area contributed by atoms with Gasteiger partial charge in [-0.1, -0.05) is 36.4 Å². The van der Waals surface area contributed by atoms with Crippen LogP contribution in [0.2, 0.25) is 0 Å². The Kier molecular flexibility index (Phi) is 6.07. The summed E-state index contributed by atoms with van der Waals surface area (Å²) >= 11 is 0. The Morgan fingerprint density at radius 3 is 2.21 bits per heavy atom. The number of carbonyl (C=O) groups is 4. The second-order valence-electron chi connectivity index (χ2n) is 6.84. The molecule has 0 spiro atoms. The van der Waals surface area contributed by atoms with Gasteiger partial charge in [-0.15, -0.1) is 0 Å². The van der Waals surface area contributed by atoms with Gasteiger partial charge in [-0.2, -0.15) is 0 Å². The maximum absolute atomic E-state index is 12.4. The van der Waals surface area contributed by atoms with Crippen molar-refractivity contribution in [2.75, 3.05) is 13.2 Å². The highest BCUT2D eigenvalue weighted by atomic mass is 16.5. The molecule has 3 amide bonds. The van der Waals surface area contributed by atoms with E-state index >= 15 is 0 Å². The molecule has 7 heteroatoms. The van der Waals surface area contributed by atoms with Crippen LogP contribution in [0.15, 0.2) is 48.5 Å². The number of hydrogen-bond donors (Lipinski definition) is 1. The van der Waals surface area contributed by atoms with Crippen molar-refractivity contribution in [3.8, 4) is 0 Å². The van der Waals surface area contributed by atoms with Gasteiger partial charge in [0.2, 0.25) is 0 Å². The van der Waals surface area contributed by atoms with Gasteiger partial charge in [0, 0.05) is 6.54 Å². The highest BCUT2D eigenvalue weighted by molar-refractivity contribution is 6.22. The first-order chi connectivity index (χ1) is 13.9. The number of imide groups is 1. The highest BCUT2D eigenvalue weighted by Gasteiger charge is 2.41. The van der Waals surface area contributed by atoms with Gasteiger partial charge < -0.3 is 10.1 Å². The monoisotopic (exact) mass is 394 g/mol. The van der Waals surface area contributed by atoms with Gasteiger partial charge >= 0.3 is 5.97 Å². The molecular formula is C22H22N2O5. The van der Waals surface area contributed by atoms with Crippen LogP contribution in [0.1, 0.15) is 38.8 Å². The van der Waals surface area contributed by atoms with Crippen LogP contribution in [0.3, 0.4) is 0 Å². The van der Waals surface area contributed by atoms with Gasteiger partial charge in [0.15, 0.2) is 6.61 Å². The van der Waals surface area contributed by atoms with Crippen molar-refractivity contribution >= 4 is 23.7 Å². The number of nitrogens with one attached hydrogen (secondary N) is 1. The third-order valence-corrected chi connectivity index (χ3v) is 4.88. The van der Waals surface area contributed by atoms with Crippen LogP contribution in [0.4, 0.5) is 0 Å². The molecule has 3 rings (SSSR count). The fourth-order valence-electron chi connectivity index (χ4n) is 3.20. The van der Waals surface area contributed by atoms with E-state index in [1.54, 1.807) is 12.1 Å². The number of amides is 3. The average Bonchev–Trinajstić information content (AvgIpc) is 2.97. The predicted octanol–water partition coefficient (Wildman–Crippen LogP) is 1.88. The molecule has 29 heavy (non-hydrogen) atoms. The third kappa shape index (κ3) is 4.34. The van der Waals surface area contributed by atoms with Crippen LogP contribution in [-0.2, 0) is 20.7 Å². The molecule has 1 aliphatic rings. The normalized spacial score (nSPS) is 13.8. The zero-order chi connectivity index (χ0) is 21.0.